The van der Waals surface area contributed by atoms with Crippen LogP contribution in [0.5, 0.6) is 5.75 Å². The minimum Gasteiger partial charge on any atom is -0.495 e. The Bertz CT molecular complexity index is 743. The van der Waals surface area contributed by atoms with Crippen molar-refractivity contribution in [2.45, 2.75) is 0 Å². The maximum absolute atomic E-state index is 11.0. The minimum atomic E-state index is -0.590. The van der Waals surface area contributed by atoms with E-state index < -0.39 is 4.92 Å². The highest BCUT2D eigenvalue weighted by Crippen LogP contribution is 2.34. The van der Waals surface area contributed by atoms with E-state index in [9.17, 15) is 10.1 Å². The summed E-state index contributed by atoms with van der Waals surface area (Å²) in [4.78, 5) is 14.3. The van der Waals surface area contributed by atoms with Gasteiger partial charge in [0.2, 0.25) is 5.82 Å². The van der Waals surface area contributed by atoms with Gasteiger partial charge in [0.15, 0.2) is 0 Å². The molecule has 0 radical (unpaired) electrons. The van der Waals surface area contributed by atoms with Crippen LogP contribution in [0, 0.1) is 21.4 Å². The number of nitro groups is 1. The molecule has 0 saturated carbocycles. The second kappa shape index (κ2) is 6.07. The van der Waals surface area contributed by atoms with Gasteiger partial charge < -0.3 is 10.1 Å². The number of benzene rings is 1. The van der Waals surface area contributed by atoms with Crippen LogP contribution in [0.1, 0.15) is 5.56 Å². The van der Waals surface area contributed by atoms with Gasteiger partial charge in [-0.3, -0.25) is 10.1 Å². The van der Waals surface area contributed by atoms with Crippen LogP contribution in [-0.2, 0) is 0 Å². The fourth-order valence-corrected chi connectivity index (χ4v) is 1.86. The second-order valence-corrected chi connectivity index (χ2v) is 4.27. The van der Waals surface area contributed by atoms with Gasteiger partial charge in [0.05, 0.1) is 17.6 Å². The Hall–Kier alpha value is -2.85. The SMILES string of the molecule is COc1cccc(C#N)c1Nc1nc(Cl)ccc1[N+](=O)[O-]. The molecule has 1 aromatic carbocycles. The number of methoxy groups -OCH3 is 1. The molecule has 0 unspecified atom stereocenters. The highest BCUT2D eigenvalue weighted by molar-refractivity contribution is 6.29. The first-order valence-electron chi connectivity index (χ1n) is 5.72. The fraction of sp³-hybridized carbons (Fsp3) is 0.0769. The molecule has 0 saturated heterocycles. The normalized spacial score (nSPS) is 9.76. The number of ether oxygens (including phenoxy) is 1. The number of nitrogens with one attached hydrogen (secondary N) is 1. The molecule has 0 aliphatic rings. The van der Waals surface area contributed by atoms with Crippen molar-refractivity contribution in [1.82, 2.24) is 4.98 Å². The van der Waals surface area contributed by atoms with Gasteiger partial charge in [-0.1, -0.05) is 17.7 Å². The molecule has 0 fully saturated rings. The second-order valence-electron chi connectivity index (χ2n) is 3.88. The van der Waals surface area contributed by atoms with E-state index in [1.165, 1.54) is 19.2 Å². The number of para-hydroxylation sites is 1. The predicted octanol–water partition coefficient (Wildman–Crippen LogP) is 3.27. The summed E-state index contributed by atoms with van der Waals surface area (Å²) in [5, 5.41) is 23.0. The largest absolute Gasteiger partial charge is 0.495 e. The monoisotopic (exact) mass is 304 g/mol. The smallest absolute Gasteiger partial charge is 0.311 e. The Morgan fingerprint density at radius 2 is 2.19 bits per heavy atom. The van der Waals surface area contributed by atoms with E-state index in [-0.39, 0.29) is 22.2 Å². The summed E-state index contributed by atoms with van der Waals surface area (Å²) in [5.41, 5.74) is 0.306. The van der Waals surface area contributed by atoms with E-state index >= 15 is 0 Å². The number of aromatic nitrogens is 1. The van der Waals surface area contributed by atoms with Crippen molar-refractivity contribution in [3.05, 3.63) is 51.2 Å². The average Bonchev–Trinajstić information content (AvgIpc) is 2.47. The highest BCUT2D eigenvalue weighted by Gasteiger charge is 2.19. The van der Waals surface area contributed by atoms with Crippen molar-refractivity contribution in [3.63, 3.8) is 0 Å². The maximum atomic E-state index is 11.0. The van der Waals surface area contributed by atoms with Crippen LogP contribution in [0.15, 0.2) is 30.3 Å². The van der Waals surface area contributed by atoms with Gasteiger partial charge in [0.1, 0.15) is 22.7 Å². The summed E-state index contributed by atoms with van der Waals surface area (Å²) in [6.07, 6.45) is 0. The molecule has 1 N–H and O–H groups in total. The molecule has 0 atom stereocenters. The van der Waals surface area contributed by atoms with Gasteiger partial charge in [-0.25, -0.2) is 4.98 Å². The molecular formula is C13H9ClN4O3. The minimum absolute atomic E-state index is 0.0616. The van der Waals surface area contributed by atoms with Crippen LogP contribution < -0.4 is 10.1 Å². The summed E-state index contributed by atoms with van der Waals surface area (Å²) in [6, 6.07) is 9.36. The zero-order valence-corrected chi connectivity index (χ0v) is 11.6. The maximum Gasteiger partial charge on any atom is 0.311 e. The molecule has 0 spiro atoms. The zero-order chi connectivity index (χ0) is 15.4. The Morgan fingerprint density at radius 3 is 2.81 bits per heavy atom. The summed E-state index contributed by atoms with van der Waals surface area (Å²) >= 11 is 5.77. The zero-order valence-electron chi connectivity index (χ0n) is 10.8. The topological polar surface area (TPSA) is 101 Å². The fourth-order valence-electron chi connectivity index (χ4n) is 1.71. The summed E-state index contributed by atoms with van der Waals surface area (Å²) in [5.74, 6) is 0.304. The Labute approximate surface area is 124 Å². The van der Waals surface area contributed by atoms with Crippen molar-refractivity contribution in [1.29, 1.82) is 5.26 Å². The first kappa shape index (κ1) is 14.6. The van der Waals surface area contributed by atoms with Crippen LogP contribution in [-0.4, -0.2) is 17.0 Å². The molecule has 8 heteroatoms. The van der Waals surface area contributed by atoms with Crippen LogP contribution >= 0.6 is 11.6 Å². The van der Waals surface area contributed by atoms with Crippen molar-refractivity contribution in [2.24, 2.45) is 0 Å². The van der Waals surface area contributed by atoms with E-state index in [2.05, 4.69) is 10.3 Å². The number of hydrogen-bond donors (Lipinski definition) is 1. The standard InChI is InChI=1S/C13H9ClN4O3/c1-21-10-4-2-3-8(7-15)12(10)17-13-9(18(19)20)5-6-11(14)16-13/h2-6H,1H3,(H,16,17). The lowest BCUT2D eigenvalue weighted by Gasteiger charge is -2.12. The number of rotatable bonds is 4. The molecule has 0 amide bonds. The predicted molar refractivity (Wildman–Crippen MR) is 76.9 cm³/mol. The number of nitrogens with zero attached hydrogens (tertiary/aromatic N) is 3. The van der Waals surface area contributed by atoms with E-state index in [1.54, 1.807) is 18.2 Å². The number of nitriles is 1. The molecule has 0 bridgehead atoms. The lowest BCUT2D eigenvalue weighted by atomic mass is 10.1. The van der Waals surface area contributed by atoms with Crippen LogP contribution in [0.4, 0.5) is 17.2 Å². The summed E-state index contributed by atoms with van der Waals surface area (Å²) < 4.78 is 5.15. The molecule has 1 aromatic heterocycles. The third-order valence-electron chi connectivity index (χ3n) is 2.65. The van der Waals surface area contributed by atoms with Crippen LogP contribution in [0.2, 0.25) is 5.15 Å². The third-order valence-corrected chi connectivity index (χ3v) is 2.86. The molecule has 0 aliphatic heterocycles. The third kappa shape index (κ3) is 3.01. The Morgan fingerprint density at radius 1 is 1.43 bits per heavy atom. The van der Waals surface area contributed by atoms with Gasteiger partial charge in [-0.2, -0.15) is 5.26 Å². The molecule has 21 heavy (non-hydrogen) atoms. The first-order chi connectivity index (χ1) is 10.1. The quantitative estimate of drug-likeness (QED) is 0.528. The molecule has 2 aromatic rings. The summed E-state index contributed by atoms with van der Waals surface area (Å²) in [7, 11) is 1.43. The Kier molecular flexibility index (Phi) is 4.21. The number of hydrogen-bond acceptors (Lipinski definition) is 6. The van der Waals surface area contributed by atoms with Gasteiger partial charge in [-0.15, -0.1) is 0 Å². The lowest BCUT2D eigenvalue weighted by molar-refractivity contribution is -0.384. The number of halogens is 1. The molecule has 0 aliphatic carbocycles. The molecule has 106 valence electrons. The number of anilines is 2. The van der Waals surface area contributed by atoms with Crippen molar-refractivity contribution in [3.8, 4) is 11.8 Å². The van der Waals surface area contributed by atoms with E-state index in [0.717, 1.165) is 0 Å². The Balaban J connectivity index is 2.55. The average molecular weight is 305 g/mol. The van der Waals surface area contributed by atoms with Gasteiger partial charge in [0.25, 0.3) is 0 Å². The summed E-state index contributed by atoms with van der Waals surface area (Å²) in [6.45, 7) is 0. The van der Waals surface area contributed by atoms with Crippen molar-refractivity contribution < 1.29 is 9.66 Å². The first-order valence-corrected chi connectivity index (χ1v) is 6.09. The van der Waals surface area contributed by atoms with E-state index in [0.29, 0.717) is 11.4 Å². The van der Waals surface area contributed by atoms with Gasteiger partial charge in [0, 0.05) is 6.07 Å². The van der Waals surface area contributed by atoms with Crippen molar-refractivity contribution >= 4 is 28.8 Å². The van der Waals surface area contributed by atoms with E-state index in [4.69, 9.17) is 21.6 Å². The lowest BCUT2D eigenvalue weighted by Crippen LogP contribution is -2.03. The highest BCUT2D eigenvalue weighted by atomic mass is 35.5. The van der Waals surface area contributed by atoms with E-state index in [1.807, 2.05) is 6.07 Å². The molecule has 7 nitrogen and oxygen atoms in total. The molecule has 2 rings (SSSR count). The van der Waals surface area contributed by atoms with Gasteiger partial charge in [-0.05, 0) is 18.2 Å². The van der Waals surface area contributed by atoms with Crippen molar-refractivity contribution in [2.75, 3.05) is 12.4 Å². The van der Waals surface area contributed by atoms with Crippen LogP contribution in [0.25, 0.3) is 0 Å². The number of pyridine rings is 1. The van der Waals surface area contributed by atoms with Crippen LogP contribution in [0.3, 0.4) is 0 Å². The molecule has 1 heterocycles. The molecular weight excluding hydrogens is 296 g/mol. The van der Waals surface area contributed by atoms with Gasteiger partial charge >= 0.3 is 5.69 Å².